The average Bonchev–Trinajstić information content (AvgIpc) is 2.35. The molecule has 0 fully saturated rings. The van der Waals surface area contributed by atoms with Crippen molar-refractivity contribution in [3.63, 3.8) is 0 Å². The minimum Gasteiger partial charge on any atom is -0.149 e. The number of unbranched alkanes of at least 4 members (excludes halogenated alkanes) is 9. The first-order chi connectivity index (χ1) is 8.31. The van der Waals surface area contributed by atoms with E-state index in [0.717, 1.165) is 6.42 Å². The van der Waals surface area contributed by atoms with E-state index >= 15 is 0 Å². The average molecular weight is 254 g/mol. The maximum Gasteiger partial charge on any atom is 0.0626 e. The van der Waals surface area contributed by atoms with Gasteiger partial charge in [0, 0.05) is 6.42 Å². The lowest BCUT2D eigenvalue weighted by atomic mass is 10.1. The van der Waals surface area contributed by atoms with E-state index in [9.17, 15) is 0 Å². The van der Waals surface area contributed by atoms with Crippen LogP contribution in [-0.4, -0.2) is 11.5 Å². The minimum absolute atomic E-state index is 0.508. The van der Waals surface area contributed by atoms with Gasteiger partial charge in [-0.25, -0.2) is 0 Å². The van der Waals surface area contributed by atoms with Crippen LogP contribution in [0.15, 0.2) is 0 Å². The quantitative estimate of drug-likeness (QED) is 0.358. The molecule has 100 valence electrons. The highest BCUT2D eigenvalue weighted by Crippen LogP contribution is 2.10. The van der Waals surface area contributed by atoms with Gasteiger partial charge < -0.3 is 0 Å². The van der Waals surface area contributed by atoms with Crippen LogP contribution in [0.3, 0.4) is 0 Å². The van der Waals surface area contributed by atoms with E-state index in [1.165, 1.54) is 57.8 Å². The van der Waals surface area contributed by atoms with E-state index in [2.05, 4.69) is 31.9 Å². The van der Waals surface area contributed by atoms with E-state index in [4.69, 9.17) is 0 Å². The number of hydrogen-bond acceptors (Lipinski definition) is 1. The SMILES string of the molecule is CCCCCCCCCCCC#CC(C)SC. The van der Waals surface area contributed by atoms with Crippen LogP contribution >= 0.6 is 11.8 Å². The first-order valence-electron chi connectivity index (χ1n) is 7.32. The molecule has 0 aliphatic heterocycles. The van der Waals surface area contributed by atoms with Crippen LogP contribution in [0.25, 0.3) is 0 Å². The molecule has 0 heterocycles. The van der Waals surface area contributed by atoms with Crippen molar-refractivity contribution >= 4 is 11.8 Å². The fourth-order valence-electron chi connectivity index (χ4n) is 1.80. The Morgan fingerprint density at radius 3 is 1.94 bits per heavy atom. The summed E-state index contributed by atoms with van der Waals surface area (Å²) in [5, 5.41) is 0.508. The monoisotopic (exact) mass is 254 g/mol. The van der Waals surface area contributed by atoms with Crippen LogP contribution in [0.5, 0.6) is 0 Å². The van der Waals surface area contributed by atoms with Crippen molar-refractivity contribution in [3.8, 4) is 11.8 Å². The van der Waals surface area contributed by atoms with Crippen molar-refractivity contribution in [3.05, 3.63) is 0 Å². The van der Waals surface area contributed by atoms with Crippen LogP contribution < -0.4 is 0 Å². The first kappa shape index (κ1) is 16.9. The molecule has 0 aromatic carbocycles. The number of rotatable bonds is 10. The second kappa shape index (κ2) is 14.0. The predicted molar refractivity (Wildman–Crippen MR) is 82.6 cm³/mol. The first-order valence-corrected chi connectivity index (χ1v) is 8.61. The summed E-state index contributed by atoms with van der Waals surface area (Å²) >= 11 is 1.83. The fraction of sp³-hybridized carbons (Fsp3) is 0.875. The Morgan fingerprint density at radius 1 is 0.882 bits per heavy atom. The van der Waals surface area contributed by atoms with Gasteiger partial charge in [0.2, 0.25) is 0 Å². The fourth-order valence-corrected chi connectivity index (χ4v) is 2.00. The van der Waals surface area contributed by atoms with Gasteiger partial charge in [-0.05, 0) is 19.6 Å². The van der Waals surface area contributed by atoms with Gasteiger partial charge in [0.15, 0.2) is 0 Å². The molecule has 0 amide bonds. The van der Waals surface area contributed by atoms with E-state index in [1.54, 1.807) is 0 Å². The summed E-state index contributed by atoms with van der Waals surface area (Å²) < 4.78 is 0. The topological polar surface area (TPSA) is 0 Å². The summed E-state index contributed by atoms with van der Waals surface area (Å²) in [4.78, 5) is 0. The molecule has 0 aromatic heterocycles. The van der Waals surface area contributed by atoms with Gasteiger partial charge >= 0.3 is 0 Å². The zero-order valence-corrected chi connectivity index (χ0v) is 12.9. The third kappa shape index (κ3) is 13.8. The van der Waals surface area contributed by atoms with Crippen molar-refractivity contribution < 1.29 is 0 Å². The summed E-state index contributed by atoms with van der Waals surface area (Å²) in [6.45, 7) is 4.45. The van der Waals surface area contributed by atoms with E-state index in [0.29, 0.717) is 5.25 Å². The Balaban J connectivity index is 3.10. The molecular weight excluding hydrogens is 224 g/mol. The Labute approximate surface area is 113 Å². The second-order valence-electron chi connectivity index (χ2n) is 4.78. The van der Waals surface area contributed by atoms with Crippen molar-refractivity contribution in [1.29, 1.82) is 0 Å². The molecule has 0 rings (SSSR count). The largest absolute Gasteiger partial charge is 0.149 e. The van der Waals surface area contributed by atoms with Crippen molar-refractivity contribution in [2.24, 2.45) is 0 Å². The molecule has 0 aliphatic rings. The van der Waals surface area contributed by atoms with E-state index in [1.807, 2.05) is 11.8 Å². The lowest BCUT2D eigenvalue weighted by molar-refractivity contribution is 0.567. The van der Waals surface area contributed by atoms with Crippen molar-refractivity contribution in [2.45, 2.75) is 83.3 Å². The Morgan fingerprint density at radius 2 is 1.41 bits per heavy atom. The van der Waals surface area contributed by atoms with Crippen LogP contribution in [-0.2, 0) is 0 Å². The second-order valence-corrected chi connectivity index (χ2v) is 5.96. The Hall–Kier alpha value is -0.0900. The third-order valence-corrected chi connectivity index (χ3v) is 3.89. The predicted octanol–water partition coefficient (Wildman–Crippen LogP) is 5.66. The molecule has 0 aromatic rings. The van der Waals surface area contributed by atoms with Gasteiger partial charge in [-0.2, -0.15) is 0 Å². The van der Waals surface area contributed by atoms with Gasteiger partial charge in [-0.15, -0.1) is 17.7 Å². The van der Waals surface area contributed by atoms with Crippen LogP contribution in [0.1, 0.15) is 78.1 Å². The summed E-state index contributed by atoms with van der Waals surface area (Å²) in [6.07, 6.45) is 15.8. The van der Waals surface area contributed by atoms with E-state index in [-0.39, 0.29) is 0 Å². The highest BCUT2D eigenvalue weighted by atomic mass is 32.2. The van der Waals surface area contributed by atoms with Gasteiger partial charge in [-0.1, -0.05) is 64.2 Å². The van der Waals surface area contributed by atoms with Crippen molar-refractivity contribution in [2.75, 3.05) is 6.26 Å². The Bertz CT molecular complexity index is 199. The van der Waals surface area contributed by atoms with Gasteiger partial charge in [0.1, 0.15) is 0 Å². The molecule has 1 heteroatoms. The molecule has 0 N–H and O–H groups in total. The third-order valence-electron chi connectivity index (χ3n) is 3.06. The molecule has 0 nitrogen and oxygen atoms in total. The zero-order chi connectivity index (χ0) is 12.8. The maximum atomic E-state index is 3.28. The molecule has 0 saturated carbocycles. The summed E-state index contributed by atoms with van der Waals surface area (Å²) in [6, 6.07) is 0. The zero-order valence-electron chi connectivity index (χ0n) is 12.1. The summed E-state index contributed by atoms with van der Waals surface area (Å²) in [5.74, 6) is 6.55. The highest BCUT2D eigenvalue weighted by Gasteiger charge is 1.92. The lowest BCUT2D eigenvalue weighted by Crippen LogP contribution is -1.87. The smallest absolute Gasteiger partial charge is 0.0626 e. The van der Waals surface area contributed by atoms with Gasteiger partial charge in [0.05, 0.1) is 5.25 Å². The molecule has 0 bridgehead atoms. The Kier molecular flexibility index (Phi) is 13.9. The molecule has 1 unspecified atom stereocenters. The maximum absolute atomic E-state index is 3.28. The molecule has 17 heavy (non-hydrogen) atoms. The highest BCUT2D eigenvalue weighted by molar-refractivity contribution is 7.99. The van der Waals surface area contributed by atoms with Crippen molar-refractivity contribution in [1.82, 2.24) is 0 Å². The van der Waals surface area contributed by atoms with E-state index < -0.39 is 0 Å². The molecule has 0 aliphatic carbocycles. The molecule has 0 radical (unpaired) electrons. The van der Waals surface area contributed by atoms with Crippen LogP contribution in [0.2, 0.25) is 0 Å². The van der Waals surface area contributed by atoms with Gasteiger partial charge in [-0.3, -0.25) is 0 Å². The number of hydrogen-bond donors (Lipinski definition) is 0. The molecule has 0 saturated heterocycles. The van der Waals surface area contributed by atoms with Gasteiger partial charge in [0.25, 0.3) is 0 Å². The number of thioether (sulfide) groups is 1. The van der Waals surface area contributed by atoms with Crippen LogP contribution in [0, 0.1) is 11.8 Å². The normalized spacial score (nSPS) is 11.9. The van der Waals surface area contributed by atoms with Crippen LogP contribution in [0.4, 0.5) is 0 Å². The molecule has 1 atom stereocenters. The lowest BCUT2D eigenvalue weighted by Gasteiger charge is -2.00. The summed E-state index contributed by atoms with van der Waals surface area (Å²) in [7, 11) is 0. The molecular formula is C16H30S. The molecule has 0 spiro atoms. The standard InChI is InChI=1S/C16H30S/c1-4-5-6-7-8-9-10-11-12-13-14-15-16(2)17-3/h16H,4-13H2,1-3H3. The minimum atomic E-state index is 0.508. The summed E-state index contributed by atoms with van der Waals surface area (Å²) in [5.41, 5.74) is 0.